The van der Waals surface area contributed by atoms with Gasteiger partial charge < -0.3 is 0 Å². The molecule has 0 unspecified atom stereocenters. The van der Waals surface area contributed by atoms with Gasteiger partial charge in [-0.05, 0) is 52.4 Å². The molecular weight excluding hydrogens is 362 g/mol. The molecule has 0 spiro atoms. The maximum Gasteiger partial charge on any atom is 0.240 e. The second-order valence-corrected chi connectivity index (χ2v) is 7.94. The van der Waals surface area contributed by atoms with Crippen LogP contribution in [0.2, 0.25) is 0 Å². The summed E-state index contributed by atoms with van der Waals surface area (Å²) in [6, 6.07) is 20.3. The molecule has 8 heteroatoms. The van der Waals surface area contributed by atoms with E-state index in [1.165, 1.54) is 4.68 Å². The second-order valence-electron chi connectivity index (χ2n) is 6.18. The summed E-state index contributed by atoms with van der Waals surface area (Å²) in [5, 5.41) is 13.4. The monoisotopic (exact) mass is 379 g/mol. The van der Waals surface area contributed by atoms with Crippen molar-refractivity contribution in [3.05, 3.63) is 78.1 Å². The van der Waals surface area contributed by atoms with E-state index < -0.39 is 10.0 Å². The standard InChI is InChI=1S/C19H17N5O2S/c1-14-6-9-17(10-7-14)24-19(21-22-23-24)13-20-27(25,26)18-11-8-15-4-2-3-5-16(15)12-18/h2-12,20H,13H2,1H3. The molecule has 0 aliphatic carbocycles. The predicted octanol–water partition coefficient (Wildman–Crippen LogP) is 2.60. The van der Waals surface area contributed by atoms with Gasteiger partial charge in [0.25, 0.3) is 0 Å². The van der Waals surface area contributed by atoms with E-state index in [9.17, 15) is 8.42 Å². The number of sulfonamides is 1. The zero-order chi connectivity index (χ0) is 18.9. The minimum Gasteiger partial charge on any atom is -0.207 e. The molecule has 0 saturated heterocycles. The van der Waals surface area contributed by atoms with Crippen molar-refractivity contribution in [3.63, 3.8) is 0 Å². The Labute approximate surface area is 156 Å². The number of aromatic nitrogens is 4. The lowest BCUT2D eigenvalue weighted by Gasteiger charge is -2.08. The number of benzene rings is 3. The average molecular weight is 379 g/mol. The van der Waals surface area contributed by atoms with Crippen LogP contribution in [0.1, 0.15) is 11.4 Å². The molecule has 1 heterocycles. The highest BCUT2D eigenvalue weighted by molar-refractivity contribution is 7.89. The highest BCUT2D eigenvalue weighted by Crippen LogP contribution is 2.19. The molecule has 7 nitrogen and oxygen atoms in total. The topological polar surface area (TPSA) is 89.8 Å². The summed E-state index contributed by atoms with van der Waals surface area (Å²) >= 11 is 0. The van der Waals surface area contributed by atoms with Crippen LogP contribution in [0.5, 0.6) is 0 Å². The normalized spacial score (nSPS) is 11.7. The van der Waals surface area contributed by atoms with Crippen LogP contribution in [0.4, 0.5) is 0 Å². The van der Waals surface area contributed by atoms with Gasteiger partial charge in [0.05, 0.1) is 17.1 Å². The zero-order valence-electron chi connectivity index (χ0n) is 14.6. The fourth-order valence-electron chi connectivity index (χ4n) is 2.78. The van der Waals surface area contributed by atoms with E-state index in [0.717, 1.165) is 22.0 Å². The van der Waals surface area contributed by atoms with Gasteiger partial charge in [-0.15, -0.1) is 5.10 Å². The van der Waals surface area contributed by atoms with E-state index in [1.807, 2.05) is 55.5 Å². The quantitative estimate of drug-likeness (QED) is 0.576. The molecule has 1 N–H and O–H groups in total. The molecule has 0 amide bonds. The van der Waals surface area contributed by atoms with Crippen LogP contribution in [0.3, 0.4) is 0 Å². The van der Waals surface area contributed by atoms with Crippen molar-refractivity contribution in [3.8, 4) is 5.69 Å². The van der Waals surface area contributed by atoms with E-state index in [2.05, 4.69) is 20.2 Å². The van der Waals surface area contributed by atoms with Crippen molar-refractivity contribution in [2.24, 2.45) is 0 Å². The van der Waals surface area contributed by atoms with E-state index in [1.54, 1.807) is 18.2 Å². The third-order valence-electron chi connectivity index (χ3n) is 4.26. The SMILES string of the molecule is Cc1ccc(-n2nnnc2CNS(=O)(=O)c2ccc3ccccc3c2)cc1. The Morgan fingerprint density at radius 3 is 2.48 bits per heavy atom. The van der Waals surface area contributed by atoms with Crippen molar-refractivity contribution < 1.29 is 8.42 Å². The molecule has 0 radical (unpaired) electrons. The van der Waals surface area contributed by atoms with Gasteiger partial charge >= 0.3 is 0 Å². The van der Waals surface area contributed by atoms with Gasteiger partial charge in [-0.1, -0.05) is 48.0 Å². The number of nitrogens with zero attached hydrogens (tertiary/aromatic N) is 4. The predicted molar refractivity (Wildman–Crippen MR) is 102 cm³/mol. The Morgan fingerprint density at radius 2 is 1.70 bits per heavy atom. The number of hydrogen-bond acceptors (Lipinski definition) is 5. The fraction of sp³-hybridized carbons (Fsp3) is 0.105. The lowest BCUT2D eigenvalue weighted by atomic mass is 10.1. The van der Waals surface area contributed by atoms with Crippen molar-refractivity contribution in [2.45, 2.75) is 18.4 Å². The smallest absolute Gasteiger partial charge is 0.207 e. The lowest BCUT2D eigenvalue weighted by molar-refractivity contribution is 0.578. The highest BCUT2D eigenvalue weighted by Gasteiger charge is 2.17. The van der Waals surface area contributed by atoms with Gasteiger partial charge in [-0.2, -0.15) is 4.68 Å². The molecule has 136 valence electrons. The maximum atomic E-state index is 12.7. The van der Waals surface area contributed by atoms with Crippen molar-refractivity contribution in [1.29, 1.82) is 0 Å². The van der Waals surface area contributed by atoms with Crippen LogP contribution in [-0.4, -0.2) is 28.6 Å². The molecule has 3 aromatic carbocycles. The molecule has 1 aromatic heterocycles. The van der Waals surface area contributed by atoms with Crippen LogP contribution in [-0.2, 0) is 16.6 Å². The number of tetrazole rings is 1. The van der Waals surface area contributed by atoms with Crippen LogP contribution in [0.25, 0.3) is 16.5 Å². The first-order valence-corrected chi connectivity index (χ1v) is 9.84. The lowest BCUT2D eigenvalue weighted by Crippen LogP contribution is -2.25. The third-order valence-corrected chi connectivity index (χ3v) is 5.66. The maximum absolute atomic E-state index is 12.7. The summed E-state index contributed by atoms with van der Waals surface area (Å²) in [6.45, 7) is 1.97. The third kappa shape index (κ3) is 3.57. The van der Waals surface area contributed by atoms with Crippen molar-refractivity contribution in [2.75, 3.05) is 0 Å². The molecule has 0 fully saturated rings. The summed E-state index contributed by atoms with van der Waals surface area (Å²) < 4.78 is 29.4. The Kier molecular flexibility index (Phi) is 4.43. The minimum atomic E-state index is -3.69. The summed E-state index contributed by atoms with van der Waals surface area (Å²) in [5.41, 5.74) is 1.89. The minimum absolute atomic E-state index is 0.0178. The van der Waals surface area contributed by atoms with Crippen LogP contribution < -0.4 is 4.72 Å². The first kappa shape index (κ1) is 17.3. The number of hydrogen-bond donors (Lipinski definition) is 1. The van der Waals surface area contributed by atoms with Crippen molar-refractivity contribution in [1.82, 2.24) is 24.9 Å². The van der Waals surface area contributed by atoms with Crippen LogP contribution in [0, 0.1) is 6.92 Å². The zero-order valence-corrected chi connectivity index (χ0v) is 15.4. The summed E-state index contributed by atoms with van der Waals surface area (Å²) in [5.74, 6) is 0.406. The molecule has 0 aliphatic heterocycles. The number of nitrogens with one attached hydrogen (secondary N) is 1. The summed E-state index contributed by atoms with van der Waals surface area (Å²) in [6.07, 6.45) is 0. The average Bonchev–Trinajstić information content (AvgIpc) is 3.15. The molecule has 0 bridgehead atoms. The summed E-state index contributed by atoms with van der Waals surface area (Å²) in [7, 11) is -3.69. The Bertz CT molecular complexity index is 1200. The molecule has 4 aromatic rings. The van der Waals surface area contributed by atoms with Gasteiger partial charge in [0, 0.05) is 0 Å². The first-order chi connectivity index (χ1) is 13.0. The second kappa shape index (κ2) is 6.90. The van der Waals surface area contributed by atoms with E-state index in [4.69, 9.17) is 0 Å². The number of rotatable bonds is 5. The Balaban J connectivity index is 1.57. The van der Waals surface area contributed by atoms with E-state index >= 15 is 0 Å². The fourth-order valence-corrected chi connectivity index (χ4v) is 3.80. The van der Waals surface area contributed by atoms with E-state index in [-0.39, 0.29) is 11.4 Å². The number of aryl methyl sites for hydroxylation is 1. The Hall–Kier alpha value is -3.10. The van der Waals surface area contributed by atoms with Gasteiger partial charge in [0.15, 0.2) is 5.82 Å². The first-order valence-electron chi connectivity index (χ1n) is 8.36. The summed E-state index contributed by atoms with van der Waals surface area (Å²) in [4.78, 5) is 0.204. The van der Waals surface area contributed by atoms with Gasteiger partial charge in [0.2, 0.25) is 10.0 Å². The van der Waals surface area contributed by atoms with Gasteiger partial charge in [0.1, 0.15) is 0 Å². The van der Waals surface area contributed by atoms with Crippen molar-refractivity contribution >= 4 is 20.8 Å². The van der Waals surface area contributed by atoms with E-state index in [0.29, 0.717) is 5.82 Å². The molecule has 27 heavy (non-hydrogen) atoms. The molecule has 0 saturated carbocycles. The van der Waals surface area contributed by atoms with Crippen LogP contribution in [0.15, 0.2) is 71.6 Å². The largest absolute Gasteiger partial charge is 0.240 e. The Morgan fingerprint density at radius 1 is 0.963 bits per heavy atom. The van der Waals surface area contributed by atoms with Gasteiger partial charge in [-0.3, -0.25) is 0 Å². The van der Waals surface area contributed by atoms with Crippen LogP contribution >= 0.6 is 0 Å². The number of fused-ring (bicyclic) bond motifs is 1. The molecular formula is C19H17N5O2S. The van der Waals surface area contributed by atoms with Gasteiger partial charge in [-0.25, -0.2) is 13.1 Å². The highest BCUT2D eigenvalue weighted by atomic mass is 32.2. The molecule has 0 aliphatic rings. The molecule has 0 atom stereocenters. The molecule has 4 rings (SSSR count).